The number of carbonyl (C=O) groups excluding carboxylic acids is 2. The molecule has 0 atom stereocenters. The normalized spacial score (nSPS) is 13.4. The Morgan fingerprint density at radius 3 is 2.74 bits per heavy atom. The fourth-order valence-electron chi connectivity index (χ4n) is 2.76. The minimum absolute atomic E-state index is 0.141. The third-order valence-corrected chi connectivity index (χ3v) is 4.38. The summed E-state index contributed by atoms with van der Waals surface area (Å²) in [7, 11) is 0. The van der Waals surface area contributed by atoms with Gasteiger partial charge in [0.25, 0.3) is 5.91 Å². The molecule has 0 bridgehead atoms. The van der Waals surface area contributed by atoms with Gasteiger partial charge in [0.15, 0.2) is 6.61 Å². The maximum Gasteiger partial charge on any atom is 0.336 e. The second-order valence-electron chi connectivity index (χ2n) is 6.58. The molecule has 2 aromatic rings. The smallest absolute Gasteiger partial charge is 0.336 e. The number of hydrogen-bond acceptors (Lipinski definition) is 6. The molecule has 7 heteroatoms. The average molecular weight is 373 g/mol. The van der Waals surface area contributed by atoms with Crippen molar-refractivity contribution in [1.82, 2.24) is 4.90 Å². The van der Waals surface area contributed by atoms with E-state index in [1.54, 1.807) is 36.1 Å². The zero-order valence-electron chi connectivity index (χ0n) is 15.3. The van der Waals surface area contributed by atoms with Crippen molar-refractivity contribution >= 4 is 22.8 Å². The fraction of sp³-hybridized carbons (Fsp3) is 0.450. The molecule has 1 aliphatic rings. The maximum atomic E-state index is 12.5. The first-order valence-electron chi connectivity index (χ1n) is 9.15. The van der Waals surface area contributed by atoms with Crippen molar-refractivity contribution in [1.29, 1.82) is 0 Å². The van der Waals surface area contributed by atoms with Crippen molar-refractivity contribution < 1.29 is 23.5 Å². The van der Waals surface area contributed by atoms with Crippen LogP contribution < -0.4 is 10.4 Å². The highest BCUT2D eigenvalue weighted by Crippen LogP contribution is 2.30. The second kappa shape index (κ2) is 8.70. The molecule has 144 valence electrons. The summed E-state index contributed by atoms with van der Waals surface area (Å²) in [5, 5.41) is 0.776. The van der Waals surface area contributed by atoms with E-state index >= 15 is 0 Å². The van der Waals surface area contributed by atoms with E-state index in [1.165, 1.54) is 6.07 Å². The Bertz CT molecular complexity index is 870. The number of benzene rings is 1. The van der Waals surface area contributed by atoms with Crippen molar-refractivity contribution in [2.45, 2.75) is 26.2 Å². The molecule has 1 heterocycles. The van der Waals surface area contributed by atoms with Gasteiger partial charge in [0.05, 0.1) is 13.0 Å². The summed E-state index contributed by atoms with van der Waals surface area (Å²) >= 11 is 0. The van der Waals surface area contributed by atoms with Crippen LogP contribution in [0.1, 0.15) is 26.2 Å². The van der Waals surface area contributed by atoms with Gasteiger partial charge in [0.1, 0.15) is 11.3 Å². The molecule has 0 N–H and O–H groups in total. The lowest BCUT2D eigenvalue weighted by molar-refractivity contribution is -0.144. The average Bonchev–Trinajstić information content (AvgIpc) is 3.47. The van der Waals surface area contributed by atoms with Crippen molar-refractivity contribution in [3.8, 4) is 5.75 Å². The van der Waals surface area contributed by atoms with Crippen LogP contribution in [-0.2, 0) is 14.3 Å². The van der Waals surface area contributed by atoms with Crippen LogP contribution in [0.4, 0.5) is 0 Å². The highest BCUT2D eigenvalue weighted by atomic mass is 16.5. The molecule has 0 spiro atoms. The Balaban J connectivity index is 1.59. The molecule has 1 amide bonds. The minimum Gasteiger partial charge on any atom is -0.484 e. The predicted molar refractivity (Wildman–Crippen MR) is 98.5 cm³/mol. The first kappa shape index (κ1) is 18.9. The standard InChI is InChI=1S/C20H23NO6/c1-2-25-19(23)9-10-21(12-14-3-4-14)18(22)13-26-16-7-5-15-6-8-20(24)27-17(15)11-16/h5-8,11,14H,2-4,9-10,12-13H2,1H3. The van der Waals surface area contributed by atoms with E-state index in [0.717, 1.165) is 18.2 Å². The van der Waals surface area contributed by atoms with Gasteiger partial charge in [-0.3, -0.25) is 9.59 Å². The van der Waals surface area contributed by atoms with Crippen LogP contribution in [0.3, 0.4) is 0 Å². The molecule has 1 aliphatic carbocycles. The van der Waals surface area contributed by atoms with E-state index in [1.807, 2.05) is 0 Å². The lowest BCUT2D eigenvalue weighted by Crippen LogP contribution is -2.38. The molecular formula is C20H23NO6. The number of ether oxygens (including phenoxy) is 2. The largest absolute Gasteiger partial charge is 0.484 e. The number of rotatable bonds is 9. The lowest BCUT2D eigenvalue weighted by Gasteiger charge is -2.22. The molecule has 1 fully saturated rings. The quantitative estimate of drug-likeness (QED) is 0.495. The van der Waals surface area contributed by atoms with Gasteiger partial charge < -0.3 is 18.8 Å². The summed E-state index contributed by atoms with van der Waals surface area (Å²) in [6.07, 6.45) is 2.38. The molecule has 0 saturated heterocycles. The summed E-state index contributed by atoms with van der Waals surface area (Å²) in [6, 6.07) is 8.10. The number of fused-ring (bicyclic) bond motifs is 1. The number of nitrogens with zero attached hydrogens (tertiary/aromatic N) is 1. The van der Waals surface area contributed by atoms with E-state index in [-0.39, 0.29) is 24.9 Å². The first-order valence-corrected chi connectivity index (χ1v) is 9.15. The van der Waals surface area contributed by atoms with E-state index < -0.39 is 5.63 Å². The molecular weight excluding hydrogens is 350 g/mol. The molecule has 0 unspecified atom stereocenters. The van der Waals surface area contributed by atoms with E-state index in [0.29, 0.717) is 36.9 Å². The molecule has 3 rings (SSSR count). The van der Waals surface area contributed by atoms with Crippen molar-refractivity contribution in [2.24, 2.45) is 5.92 Å². The van der Waals surface area contributed by atoms with Gasteiger partial charge >= 0.3 is 11.6 Å². The maximum absolute atomic E-state index is 12.5. The Morgan fingerprint density at radius 1 is 1.22 bits per heavy atom. The third-order valence-electron chi connectivity index (χ3n) is 4.38. The minimum atomic E-state index is -0.440. The Labute approximate surface area is 156 Å². The van der Waals surface area contributed by atoms with Crippen LogP contribution >= 0.6 is 0 Å². The highest BCUT2D eigenvalue weighted by molar-refractivity contribution is 5.80. The number of esters is 1. The second-order valence-corrected chi connectivity index (χ2v) is 6.58. The van der Waals surface area contributed by atoms with Crippen LogP contribution in [0.15, 0.2) is 39.5 Å². The van der Waals surface area contributed by atoms with Gasteiger partial charge in [-0.15, -0.1) is 0 Å². The summed E-state index contributed by atoms with van der Waals surface area (Å²) in [5.41, 5.74) is -0.0325. The van der Waals surface area contributed by atoms with E-state index in [2.05, 4.69) is 0 Å². The molecule has 7 nitrogen and oxygen atoms in total. The number of hydrogen-bond donors (Lipinski definition) is 0. The summed E-state index contributed by atoms with van der Waals surface area (Å²) < 4.78 is 15.6. The first-order chi connectivity index (χ1) is 13.0. The van der Waals surface area contributed by atoms with Gasteiger partial charge in [0.2, 0.25) is 0 Å². The lowest BCUT2D eigenvalue weighted by atomic mass is 10.2. The van der Waals surface area contributed by atoms with E-state index in [9.17, 15) is 14.4 Å². The molecule has 0 aliphatic heterocycles. The van der Waals surface area contributed by atoms with Crippen molar-refractivity contribution in [2.75, 3.05) is 26.3 Å². The molecule has 1 aromatic heterocycles. The fourth-order valence-corrected chi connectivity index (χ4v) is 2.76. The van der Waals surface area contributed by atoms with Gasteiger partial charge in [-0.2, -0.15) is 0 Å². The molecule has 1 saturated carbocycles. The topological polar surface area (TPSA) is 86.0 Å². The van der Waals surface area contributed by atoms with Crippen LogP contribution in [-0.4, -0.2) is 43.1 Å². The monoisotopic (exact) mass is 373 g/mol. The van der Waals surface area contributed by atoms with Gasteiger partial charge in [0, 0.05) is 30.6 Å². The summed E-state index contributed by atoms with van der Waals surface area (Å²) in [5.74, 6) is 0.463. The Hall–Kier alpha value is -2.83. The molecule has 0 radical (unpaired) electrons. The molecule has 27 heavy (non-hydrogen) atoms. The van der Waals surface area contributed by atoms with Gasteiger partial charge in [-0.05, 0) is 43.9 Å². The third kappa shape index (κ3) is 5.57. The van der Waals surface area contributed by atoms with Crippen LogP contribution in [0.25, 0.3) is 11.0 Å². The Kier molecular flexibility index (Phi) is 6.11. The zero-order chi connectivity index (χ0) is 19.2. The van der Waals surface area contributed by atoms with E-state index in [4.69, 9.17) is 13.9 Å². The van der Waals surface area contributed by atoms with Crippen LogP contribution in [0, 0.1) is 5.92 Å². The van der Waals surface area contributed by atoms with Crippen molar-refractivity contribution in [3.05, 3.63) is 40.8 Å². The predicted octanol–water partition coefficient (Wildman–Crippen LogP) is 2.36. The van der Waals surface area contributed by atoms with Gasteiger partial charge in [-0.25, -0.2) is 4.79 Å². The number of carbonyl (C=O) groups is 2. The van der Waals surface area contributed by atoms with Crippen LogP contribution in [0.2, 0.25) is 0 Å². The zero-order valence-corrected chi connectivity index (χ0v) is 15.3. The highest BCUT2D eigenvalue weighted by Gasteiger charge is 2.27. The SMILES string of the molecule is CCOC(=O)CCN(CC1CC1)C(=O)COc1ccc2ccc(=O)oc2c1. The summed E-state index contributed by atoms with van der Waals surface area (Å²) in [6.45, 7) is 2.90. The molecule has 1 aromatic carbocycles. The van der Waals surface area contributed by atoms with Crippen LogP contribution in [0.5, 0.6) is 5.75 Å². The van der Waals surface area contributed by atoms with Gasteiger partial charge in [-0.1, -0.05) is 0 Å². The Morgan fingerprint density at radius 2 is 2.00 bits per heavy atom. The van der Waals surface area contributed by atoms with Crippen molar-refractivity contribution in [3.63, 3.8) is 0 Å². The summed E-state index contributed by atoms with van der Waals surface area (Å²) in [4.78, 5) is 37.1. The number of amides is 1.